The van der Waals surface area contributed by atoms with Crippen LogP contribution in [-0.2, 0) is 18.1 Å². The Morgan fingerprint density at radius 2 is 2.00 bits per heavy atom. The molecule has 6 nitrogen and oxygen atoms in total. The first kappa shape index (κ1) is 18.8. The highest BCUT2D eigenvalue weighted by molar-refractivity contribution is 6.30. The summed E-state index contributed by atoms with van der Waals surface area (Å²) in [6.45, 7) is -0.794. The molecule has 1 N–H and O–H groups in total. The average molecular weight is 410 g/mol. The molecule has 1 saturated carbocycles. The molecule has 2 aromatic heterocycles. The molecule has 1 aliphatic carbocycles. The summed E-state index contributed by atoms with van der Waals surface area (Å²) in [5.74, 6) is -4.68. The van der Waals surface area contributed by atoms with Crippen LogP contribution in [0.1, 0.15) is 35.6 Å². The maximum absolute atomic E-state index is 15.5. The number of alkyl halides is 2. The molecule has 1 aromatic carbocycles. The van der Waals surface area contributed by atoms with Crippen molar-refractivity contribution in [3.8, 4) is 0 Å². The van der Waals surface area contributed by atoms with Crippen molar-refractivity contribution >= 4 is 11.6 Å². The number of pyridine rings is 1. The van der Waals surface area contributed by atoms with E-state index in [4.69, 9.17) is 11.6 Å². The summed E-state index contributed by atoms with van der Waals surface area (Å²) in [4.78, 5) is 3.86. The van der Waals surface area contributed by atoms with Crippen molar-refractivity contribution in [1.82, 2.24) is 25.2 Å². The highest BCUT2D eigenvalue weighted by Crippen LogP contribution is 2.47. The van der Waals surface area contributed by atoms with Gasteiger partial charge >= 0.3 is 5.92 Å². The second-order valence-corrected chi connectivity index (χ2v) is 7.25. The lowest BCUT2D eigenvalue weighted by Crippen LogP contribution is -2.48. The van der Waals surface area contributed by atoms with Crippen LogP contribution in [0.2, 0.25) is 5.02 Å². The quantitative estimate of drug-likeness (QED) is 0.675. The average Bonchev–Trinajstić information content (AvgIpc) is 3.39. The standard InChI is InChI=1S/C18H15ClF3N5O/c19-13-4-5-14(15(20)7-13)17(28,9-27-10-24-25-26-27)18(21,22)16-6-3-12(8-23-16)11-1-2-11/h3-8,10-11,28H,1-2,9H2. The summed E-state index contributed by atoms with van der Waals surface area (Å²) in [7, 11) is 0. The van der Waals surface area contributed by atoms with Gasteiger partial charge in [0, 0.05) is 16.8 Å². The van der Waals surface area contributed by atoms with Gasteiger partial charge in [0.15, 0.2) is 5.60 Å². The first-order chi connectivity index (χ1) is 13.3. The first-order valence-corrected chi connectivity index (χ1v) is 8.92. The smallest absolute Gasteiger partial charge is 0.323 e. The van der Waals surface area contributed by atoms with Crippen molar-refractivity contribution in [2.24, 2.45) is 0 Å². The lowest BCUT2D eigenvalue weighted by molar-refractivity contribution is -0.207. The molecule has 1 atom stereocenters. The van der Waals surface area contributed by atoms with Gasteiger partial charge < -0.3 is 5.11 Å². The summed E-state index contributed by atoms with van der Waals surface area (Å²) in [6, 6.07) is 5.83. The molecule has 146 valence electrons. The van der Waals surface area contributed by atoms with Gasteiger partial charge in [0.25, 0.3) is 0 Å². The topological polar surface area (TPSA) is 76.7 Å². The van der Waals surface area contributed by atoms with Crippen LogP contribution in [0.25, 0.3) is 0 Å². The summed E-state index contributed by atoms with van der Waals surface area (Å²) in [5.41, 5.74) is -3.46. The lowest BCUT2D eigenvalue weighted by atomic mass is 9.84. The normalized spacial score (nSPS) is 16.8. The Balaban J connectivity index is 1.80. The fourth-order valence-electron chi connectivity index (χ4n) is 3.13. The Morgan fingerprint density at radius 3 is 2.57 bits per heavy atom. The number of halogens is 4. The lowest BCUT2D eigenvalue weighted by Gasteiger charge is -2.35. The highest BCUT2D eigenvalue weighted by Gasteiger charge is 2.58. The van der Waals surface area contributed by atoms with E-state index in [1.807, 2.05) is 0 Å². The molecular formula is C18H15ClF3N5O. The molecular weight excluding hydrogens is 395 g/mol. The minimum absolute atomic E-state index is 0.0150. The van der Waals surface area contributed by atoms with Crippen molar-refractivity contribution in [3.05, 3.63) is 70.5 Å². The monoisotopic (exact) mass is 409 g/mol. The number of rotatable bonds is 6. The van der Waals surface area contributed by atoms with Crippen LogP contribution in [-0.4, -0.2) is 30.3 Å². The zero-order valence-corrected chi connectivity index (χ0v) is 15.2. The van der Waals surface area contributed by atoms with Crippen LogP contribution in [0.15, 0.2) is 42.9 Å². The van der Waals surface area contributed by atoms with E-state index in [2.05, 4.69) is 20.5 Å². The van der Waals surface area contributed by atoms with E-state index in [1.54, 1.807) is 6.07 Å². The summed E-state index contributed by atoms with van der Waals surface area (Å²) in [6.07, 6.45) is 4.42. The SMILES string of the molecule is OC(Cn1cnnn1)(c1ccc(Cl)cc1F)C(F)(F)c1ccc(C2CC2)cn1. The molecule has 1 fully saturated rings. The number of hydrogen-bond acceptors (Lipinski definition) is 5. The van der Waals surface area contributed by atoms with E-state index >= 15 is 8.78 Å². The van der Waals surface area contributed by atoms with Crippen LogP contribution in [0, 0.1) is 5.82 Å². The van der Waals surface area contributed by atoms with Crippen LogP contribution in [0.4, 0.5) is 13.2 Å². The third-order valence-electron chi connectivity index (χ3n) is 4.84. The van der Waals surface area contributed by atoms with Gasteiger partial charge in [0.1, 0.15) is 17.8 Å². The maximum Gasteiger partial charge on any atom is 0.323 e. The van der Waals surface area contributed by atoms with Gasteiger partial charge in [-0.1, -0.05) is 23.7 Å². The molecule has 10 heteroatoms. The Morgan fingerprint density at radius 1 is 1.21 bits per heavy atom. The van der Waals surface area contributed by atoms with E-state index in [1.165, 1.54) is 12.3 Å². The van der Waals surface area contributed by atoms with Crippen molar-refractivity contribution < 1.29 is 18.3 Å². The van der Waals surface area contributed by atoms with Gasteiger partial charge in [0.2, 0.25) is 0 Å². The van der Waals surface area contributed by atoms with Gasteiger partial charge in [-0.25, -0.2) is 9.07 Å². The van der Waals surface area contributed by atoms with Gasteiger partial charge in [-0.3, -0.25) is 4.98 Å². The number of hydrogen-bond donors (Lipinski definition) is 1. The van der Waals surface area contributed by atoms with E-state index in [9.17, 15) is 9.50 Å². The predicted molar refractivity (Wildman–Crippen MR) is 93.2 cm³/mol. The minimum atomic E-state index is -3.95. The molecule has 0 bridgehead atoms. The van der Waals surface area contributed by atoms with Crippen LogP contribution >= 0.6 is 11.6 Å². The fourth-order valence-corrected chi connectivity index (χ4v) is 3.29. The van der Waals surface area contributed by atoms with Crippen molar-refractivity contribution in [2.75, 3.05) is 0 Å². The van der Waals surface area contributed by atoms with Crippen LogP contribution in [0.3, 0.4) is 0 Å². The van der Waals surface area contributed by atoms with E-state index in [0.29, 0.717) is 5.92 Å². The summed E-state index contributed by atoms with van der Waals surface area (Å²) >= 11 is 5.73. The molecule has 0 aliphatic heterocycles. The van der Waals surface area contributed by atoms with Gasteiger partial charge in [-0.2, -0.15) is 8.78 Å². The molecule has 0 amide bonds. The minimum Gasteiger partial charge on any atom is -0.377 e. The second-order valence-electron chi connectivity index (χ2n) is 6.82. The number of nitrogens with zero attached hydrogens (tertiary/aromatic N) is 5. The molecule has 0 radical (unpaired) electrons. The van der Waals surface area contributed by atoms with Crippen molar-refractivity contribution in [2.45, 2.75) is 36.8 Å². The molecule has 2 heterocycles. The number of tetrazole rings is 1. The molecule has 4 rings (SSSR count). The molecule has 28 heavy (non-hydrogen) atoms. The molecule has 0 spiro atoms. The molecule has 3 aromatic rings. The maximum atomic E-state index is 15.5. The summed E-state index contributed by atoms with van der Waals surface area (Å²) in [5, 5.41) is 21.4. The van der Waals surface area contributed by atoms with Crippen molar-refractivity contribution in [1.29, 1.82) is 0 Å². The van der Waals surface area contributed by atoms with Crippen molar-refractivity contribution in [3.63, 3.8) is 0 Å². The van der Waals surface area contributed by atoms with Gasteiger partial charge in [-0.05, 0) is 52.9 Å². The summed E-state index contributed by atoms with van der Waals surface area (Å²) < 4.78 is 46.5. The second kappa shape index (κ2) is 6.82. The largest absolute Gasteiger partial charge is 0.377 e. The Hall–Kier alpha value is -2.52. The van der Waals surface area contributed by atoms with E-state index in [-0.39, 0.29) is 5.02 Å². The van der Waals surface area contributed by atoms with Crippen LogP contribution in [0.5, 0.6) is 0 Å². The van der Waals surface area contributed by atoms with Gasteiger partial charge in [0.05, 0.1) is 6.54 Å². The Labute approximate surface area is 163 Å². The van der Waals surface area contributed by atoms with E-state index < -0.39 is 35.1 Å². The van der Waals surface area contributed by atoms with Gasteiger partial charge in [-0.15, -0.1) is 5.10 Å². The third-order valence-corrected chi connectivity index (χ3v) is 5.07. The number of aromatic nitrogens is 5. The molecule has 0 saturated heterocycles. The number of aliphatic hydroxyl groups is 1. The predicted octanol–water partition coefficient (Wildman–Crippen LogP) is 3.42. The molecule has 1 unspecified atom stereocenters. The fraction of sp³-hybridized carbons (Fsp3) is 0.333. The zero-order valence-electron chi connectivity index (χ0n) is 14.4. The number of benzene rings is 1. The highest BCUT2D eigenvalue weighted by atomic mass is 35.5. The molecule has 1 aliphatic rings. The third kappa shape index (κ3) is 3.24. The Kier molecular flexibility index (Phi) is 4.59. The van der Waals surface area contributed by atoms with E-state index in [0.717, 1.165) is 47.6 Å². The van der Waals surface area contributed by atoms with Crippen LogP contribution < -0.4 is 0 Å². The zero-order chi connectivity index (χ0) is 19.9. The Bertz CT molecular complexity index is 979. The first-order valence-electron chi connectivity index (χ1n) is 8.54.